The Kier molecular flexibility index (Phi) is 4.93. The molecule has 0 spiro atoms. The molecule has 0 amide bonds. The van der Waals surface area contributed by atoms with E-state index >= 15 is 0 Å². The number of rotatable bonds is 1. The average Bonchev–Trinajstić information content (AvgIpc) is 2.13. The van der Waals surface area contributed by atoms with Gasteiger partial charge in [0.25, 0.3) is 0 Å². The highest BCUT2D eigenvalue weighted by molar-refractivity contribution is 5.17. The maximum atomic E-state index is 12.4. The molecular formula is C10H12F2. The zero-order valence-electron chi connectivity index (χ0n) is 7.11. The van der Waals surface area contributed by atoms with Crippen LogP contribution in [0, 0.1) is 11.6 Å². The van der Waals surface area contributed by atoms with Crippen LogP contribution in [0.5, 0.6) is 0 Å². The second-order valence-electron chi connectivity index (χ2n) is 2.10. The summed E-state index contributed by atoms with van der Waals surface area (Å²) >= 11 is 0. The van der Waals surface area contributed by atoms with Gasteiger partial charge in [-0.1, -0.05) is 13.0 Å². The molecule has 1 aromatic carbocycles. The predicted octanol–water partition coefficient (Wildman–Crippen LogP) is 3.33. The number of halogens is 2. The standard InChI is InChI=1S/C8H8F2.C2H4/c1-2-6-3-4-7(9)8(10)5-6;1-2/h3-5H,2H2,1H3;1-2H2. The fraction of sp³-hybridized carbons (Fsp3) is 0.200. The van der Waals surface area contributed by atoms with Gasteiger partial charge >= 0.3 is 0 Å². The van der Waals surface area contributed by atoms with E-state index in [0.717, 1.165) is 18.1 Å². The van der Waals surface area contributed by atoms with Crippen LogP contribution >= 0.6 is 0 Å². The van der Waals surface area contributed by atoms with Gasteiger partial charge in [-0.15, -0.1) is 13.2 Å². The van der Waals surface area contributed by atoms with Crippen LogP contribution in [0.15, 0.2) is 31.4 Å². The summed E-state index contributed by atoms with van der Waals surface area (Å²) in [6.45, 7) is 7.90. The lowest BCUT2D eigenvalue weighted by atomic mass is 10.2. The van der Waals surface area contributed by atoms with Gasteiger partial charge < -0.3 is 0 Å². The molecule has 0 aliphatic heterocycles. The van der Waals surface area contributed by atoms with E-state index in [1.165, 1.54) is 6.07 Å². The third-order valence-corrected chi connectivity index (χ3v) is 1.39. The van der Waals surface area contributed by atoms with Gasteiger partial charge in [0.05, 0.1) is 0 Å². The van der Waals surface area contributed by atoms with Crippen LogP contribution in [0.1, 0.15) is 12.5 Å². The molecule has 0 aromatic heterocycles. The molecule has 0 nitrogen and oxygen atoms in total. The SMILES string of the molecule is C=C.CCc1ccc(F)c(F)c1. The summed E-state index contributed by atoms with van der Waals surface area (Å²) in [6.07, 6.45) is 0.733. The highest BCUT2D eigenvalue weighted by atomic mass is 19.2. The van der Waals surface area contributed by atoms with E-state index in [4.69, 9.17) is 0 Å². The molecule has 0 saturated carbocycles. The lowest BCUT2D eigenvalue weighted by molar-refractivity contribution is 0.507. The van der Waals surface area contributed by atoms with Crippen LogP contribution in [0.25, 0.3) is 0 Å². The van der Waals surface area contributed by atoms with Crippen molar-refractivity contribution in [3.63, 3.8) is 0 Å². The van der Waals surface area contributed by atoms with Crippen molar-refractivity contribution >= 4 is 0 Å². The number of benzene rings is 1. The van der Waals surface area contributed by atoms with E-state index in [9.17, 15) is 8.78 Å². The summed E-state index contributed by atoms with van der Waals surface area (Å²) in [6, 6.07) is 3.95. The summed E-state index contributed by atoms with van der Waals surface area (Å²) < 4.78 is 24.7. The van der Waals surface area contributed by atoms with Gasteiger partial charge in [0, 0.05) is 0 Å². The average molecular weight is 170 g/mol. The second kappa shape index (κ2) is 5.47. The fourth-order valence-electron chi connectivity index (χ4n) is 0.760. The minimum absolute atomic E-state index is 0.733. The van der Waals surface area contributed by atoms with Crippen LogP contribution < -0.4 is 0 Å². The lowest BCUT2D eigenvalue weighted by Gasteiger charge is -1.95. The lowest BCUT2D eigenvalue weighted by Crippen LogP contribution is -1.86. The van der Waals surface area contributed by atoms with Gasteiger partial charge in [-0.05, 0) is 24.1 Å². The minimum Gasteiger partial charge on any atom is -0.204 e. The first-order valence-corrected chi connectivity index (χ1v) is 3.68. The van der Waals surface area contributed by atoms with E-state index in [2.05, 4.69) is 13.2 Å². The zero-order valence-corrected chi connectivity index (χ0v) is 7.11. The first kappa shape index (κ1) is 10.8. The van der Waals surface area contributed by atoms with Gasteiger partial charge in [-0.3, -0.25) is 0 Å². The maximum Gasteiger partial charge on any atom is 0.159 e. The van der Waals surface area contributed by atoms with Crippen LogP contribution in [-0.2, 0) is 6.42 Å². The summed E-state index contributed by atoms with van der Waals surface area (Å²) in [5.74, 6) is -1.54. The molecule has 0 fully saturated rings. The molecule has 66 valence electrons. The van der Waals surface area contributed by atoms with Gasteiger partial charge in [-0.25, -0.2) is 8.78 Å². The third kappa shape index (κ3) is 2.82. The van der Waals surface area contributed by atoms with Crippen molar-refractivity contribution in [2.45, 2.75) is 13.3 Å². The zero-order chi connectivity index (χ0) is 9.56. The normalized spacial score (nSPS) is 8.58. The molecule has 0 aliphatic rings. The Morgan fingerprint density at radius 2 is 1.75 bits per heavy atom. The molecule has 0 saturated heterocycles. The quantitative estimate of drug-likeness (QED) is 0.567. The first-order chi connectivity index (χ1) is 5.74. The van der Waals surface area contributed by atoms with E-state index in [-0.39, 0.29) is 0 Å². The van der Waals surface area contributed by atoms with Crippen molar-refractivity contribution in [3.8, 4) is 0 Å². The Bertz CT molecular complexity index is 244. The van der Waals surface area contributed by atoms with Gasteiger partial charge in [0.2, 0.25) is 0 Å². The van der Waals surface area contributed by atoms with E-state index in [1.807, 2.05) is 6.92 Å². The summed E-state index contributed by atoms with van der Waals surface area (Å²) in [4.78, 5) is 0. The van der Waals surface area contributed by atoms with Crippen LogP contribution in [-0.4, -0.2) is 0 Å². The van der Waals surface area contributed by atoms with Gasteiger partial charge in [-0.2, -0.15) is 0 Å². The largest absolute Gasteiger partial charge is 0.204 e. The fourth-order valence-corrected chi connectivity index (χ4v) is 0.760. The molecule has 1 rings (SSSR count). The molecule has 0 N–H and O–H groups in total. The maximum absolute atomic E-state index is 12.4. The highest BCUT2D eigenvalue weighted by Crippen LogP contribution is 2.08. The molecule has 1 aromatic rings. The Hall–Kier alpha value is -1.18. The topological polar surface area (TPSA) is 0 Å². The van der Waals surface area contributed by atoms with Crippen LogP contribution in [0.3, 0.4) is 0 Å². The van der Waals surface area contributed by atoms with Crippen molar-refractivity contribution in [2.24, 2.45) is 0 Å². The molecule has 0 bridgehead atoms. The summed E-state index contributed by atoms with van der Waals surface area (Å²) in [5.41, 5.74) is 0.818. The molecule has 0 heterocycles. The van der Waals surface area contributed by atoms with Crippen LogP contribution in [0.2, 0.25) is 0 Å². The van der Waals surface area contributed by atoms with Crippen LogP contribution in [0.4, 0.5) is 8.78 Å². The summed E-state index contributed by atoms with van der Waals surface area (Å²) in [5, 5.41) is 0. The number of hydrogen-bond donors (Lipinski definition) is 0. The first-order valence-electron chi connectivity index (χ1n) is 3.68. The van der Waals surface area contributed by atoms with Gasteiger partial charge in [0.1, 0.15) is 0 Å². The second-order valence-corrected chi connectivity index (χ2v) is 2.10. The number of aryl methyl sites for hydroxylation is 1. The molecule has 0 radical (unpaired) electrons. The van der Waals surface area contributed by atoms with Crippen molar-refractivity contribution in [1.82, 2.24) is 0 Å². The third-order valence-electron chi connectivity index (χ3n) is 1.39. The Morgan fingerprint density at radius 3 is 2.17 bits per heavy atom. The van der Waals surface area contributed by atoms with E-state index < -0.39 is 11.6 Å². The van der Waals surface area contributed by atoms with Crippen molar-refractivity contribution < 1.29 is 8.78 Å². The molecule has 0 unspecified atom stereocenters. The van der Waals surface area contributed by atoms with Crippen molar-refractivity contribution in [3.05, 3.63) is 48.6 Å². The molecule has 12 heavy (non-hydrogen) atoms. The Balaban J connectivity index is 0.000000561. The highest BCUT2D eigenvalue weighted by Gasteiger charge is 1.99. The van der Waals surface area contributed by atoms with E-state index in [0.29, 0.717) is 0 Å². The van der Waals surface area contributed by atoms with Crippen molar-refractivity contribution in [1.29, 1.82) is 0 Å². The summed E-state index contributed by atoms with van der Waals surface area (Å²) in [7, 11) is 0. The molecular weight excluding hydrogens is 158 g/mol. The molecule has 0 aliphatic carbocycles. The minimum atomic E-state index is -0.780. The Labute approximate surface area is 71.5 Å². The van der Waals surface area contributed by atoms with Gasteiger partial charge in [0.15, 0.2) is 11.6 Å². The predicted molar refractivity (Wildman–Crippen MR) is 47.0 cm³/mol. The monoisotopic (exact) mass is 170 g/mol. The van der Waals surface area contributed by atoms with E-state index in [1.54, 1.807) is 6.07 Å². The molecule has 0 atom stereocenters. The molecule has 2 heteroatoms. The van der Waals surface area contributed by atoms with Crippen molar-refractivity contribution in [2.75, 3.05) is 0 Å². The Morgan fingerprint density at radius 1 is 1.17 bits per heavy atom. The smallest absolute Gasteiger partial charge is 0.159 e. The number of hydrogen-bond acceptors (Lipinski definition) is 0.